The minimum Gasteiger partial charge on any atom is -0.385 e. The normalized spacial score (nSPS) is 10.1. The molecular weight excluding hydrogens is 170 g/mol. The molecule has 0 saturated carbocycles. The second-order valence-corrected chi connectivity index (χ2v) is 3.69. The molecule has 0 fully saturated rings. The highest BCUT2D eigenvalue weighted by Gasteiger charge is 1.93. The predicted molar refractivity (Wildman–Crippen MR) is 63.8 cm³/mol. The Balaban J connectivity index is 2.34. The van der Waals surface area contributed by atoms with Gasteiger partial charge in [-0.2, -0.15) is 0 Å². The lowest BCUT2D eigenvalue weighted by molar-refractivity contribution is 0.744. The lowest BCUT2D eigenvalue weighted by Gasteiger charge is -2.06. The third-order valence-corrected chi connectivity index (χ3v) is 2.44. The summed E-state index contributed by atoms with van der Waals surface area (Å²) in [6.45, 7) is 5.52. The van der Waals surface area contributed by atoms with Gasteiger partial charge in [0.1, 0.15) is 0 Å². The molecule has 1 nitrogen and oxygen atoms in total. The summed E-state index contributed by atoms with van der Waals surface area (Å²) in [5.41, 5.74) is 2.67. The first-order valence-corrected chi connectivity index (χ1v) is 5.69. The van der Waals surface area contributed by atoms with Crippen molar-refractivity contribution in [1.82, 2.24) is 0 Å². The van der Waals surface area contributed by atoms with E-state index >= 15 is 0 Å². The molecule has 0 radical (unpaired) electrons. The van der Waals surface area contributed by atoms with E-state index in [1.54, 1.807) is 0 Å². The molecule has 0 aliphatic carbocycles. The van der Waals surface area contributed by atoms with Crippen molar-refractivity contribution in [2.24, 2.45) is 0 Å². The summed E-state index contributed by atoms with van der Waals surface area (Å²) in [4.78, 5) is 0. The quantitative estimate of drug-likeness (QED) is 0.673. The standard InChI is InChI=1S/C13H21N/c1-3-5-6-10-14-13-9-7-8-12(4-2)11-13/h7-9,11,14H,3-6,10H2,1-2H3. The third kappa shape index (κ3) is 3.82. The Morgan fingerprint density at radius 1 is 1.14 bits per heavy atom. The van der Waals surface area contributed by atoms with Crippen molar-refractivity contribution in [1.29, 1.82) is 0 Å². The number of nitrogens with one attached hydrogen (secondary N) is 1. The molecule has 0 unspecified atom stereocenters. The minimum atomic E-state index is 1.10. The van der Waals surface area contributed by atoms with Crippen LogP contribution in [-0.4, -0.2) is 6.54 Å². The van der Waals surface area contributed by atoms with E-state index in [9.17, 15) is 0 Å². The number of rotatable bonds is 6. The van der Waals surface area contributed by atoms with E-state index < -0.39 is 0 Å². The molecule has 0 aliphatic heterocycles. The number of benzene rings is 1. The molecule has 0 spiro atoms. The van der Waals surface area contributed by atoms with Gasteiger partial charge in [-0.15, -0.1) is 0 Å². The zero-order valence-corrected chi connectivity index (χ0v) is 9.34. The van der Waals surface area contributed by atoms with Crippen LogP contribution >= 0.6 is 0 Å². The van der Waals surface area contributed by atoms with E-state index in [0.29, 0.717) is 0 Å². The summed E-state index contributed by atoms with van der Waals surface area (Å²) in [7, 11) is 0. The zero-order chi connectivity index (χ0) is 10.2. The second-order valence-electron chi connectivity index (χ2n) is 3.69. The number of anilines is 1. The fourth-order valence-corrected chi connectivity index (χ4v) is 1.51. The third-order valence-electron chi connectivity index (χ3n) is 2.44. The second kappa shape index (κ2) is 6.47. The molecule has 0 aromatic heterocycles. The van der Waals surface area contributed by atoms with Crippen molar-refractivity contribution in [3.8, 4) is 0 Å². The van der Waals surface area contributed by atoms with Gasteiger partial charge >= 0.3 is 0 Å². The van der Waals surface area contributed by atoms with E-state index in [0.717, 1.165) is 13.0 Å². The van der Waals surface area contributed by atoms with Gasteiger partial charge in [0.05, 0.1) is 0 Å². The van der Waals surface area contributed by atoms with Crippen LogP contribution in [0.1, 0.15) is 38.7 Å². The molecule has 0 atom stereocenters. The van der Waals surface area contributed by atoms with Crippen LogP contribution in [0.2, 0.25) is 0 Å². The van der Waals surface area contributed by atoms with Crippen molar-refractivity contribution in [2.45, 2.75) is 39.5 Å². The molecule has 78 valence electrons. The van der Waals surface area contributed by atoms with Gasteiger partial charge in [-0.25, -0.2) is 0 Å². The fourth-order valence-electron chi connectivity index (χ4n) is 1.51. The van der Waals surface area contributed by atoms with E-state index in [-0.39, 0.29) is 0 Å². The van der Waals surface area contributed by atoms with Crippen LogP contribution < -0.4 is 5.32 Å². The number of hydrogen-bond acceptors (Lipinski definition) is 1. The summed E-state index contributed by atoms with van der Waals surface area (Å²) >= 11 is 0. The largest absolute Gasteiger partial charge is 0.385 e. The Hall–Kier alpha value is -0.980. The molecule has 1 aromatic carbocycles. The predicted octanol–water partition coefficient (Wildman–Crippen LogP) is 3.85. The monoisotopic (exact) mass is 191 g/mol. The van der Waals surface area contributed by atoms with E-state index in [1.165, 1.54) is 30.5 Å². The Labute approximate surface area is 87.5 Å². The van der Waals surface area contributed by atoms with Gasteiger partial charge in [0, 0.05) is 12.2 Å². The summed E-state index contributed by atoms with van der Waals surface area (Å²) in [6.07, 6.45) is 4.99. The molecule has 14 heavy (non-hydrogen) atoms. The highest BCUT2D eigenvalue weighted by Crippen LogP contribution is 2.11. The SMILES string of the molecule is CCCCCNc1cccc(CC)c1. The molecule has 0 aliphatic rings. The highest BCUT2D eigenvalue weighted by atomic mass is 14.9. The lowest BCUT2D eigenvalue weighted by atomic mass is 10.1. The number of aryl methyl sites for hydroxylation is 1. The Morgan fingerprint density at radius 3 is 2.71 bits per heavy atom. The van der Waals surface area contributed by atoms with Crippen molar-refractivity contribution >= 4 is 5.69 Å². The molecule has 1 heteroatoms. The maximum atomic E-state index is 3.45. The van der Waals surface area contributed by atoms with Gasteiger partial charge in [0.2, 0.25) is 0 Å². The van der Waals surface area contributed by atoms with E-state index in [1.807, 2.05) is 0 Å². The summed E-state index contributed by atoms with van der Waals surface area (Å²) < 4.78 is 0. The van der Waals surface area contributed by atoms with Gasteiger partial charge in [-0.3, -0.25) is 0 Å². The van der Waals surface area contributed by atoms with Crippen LogP contribution in [-0.2, 0) is 6.42 Å². The molecule has 0 amide bonds. The lowest BCUT2D eigenvalue weighted by Crippen LogP contribution is -2.01. The van der Waals surface area contributed by atoms with Crippen molar-refractivity contribution in [2.75, 3.05) is 11.9 Å². The van der Waals surface area contributed by atoms with Crippen LogP contribution in [0.15, 0.2) is 24.3 Å². The molecule has 1 N–H and O–H groups in total. The van der Waals surface area contributed by atoms with Crippen molar-refractivity contribution < 1.29 is 0 Å². The van der Waals surface area contributed by atoms with E-state index in [2.05, 4.69) is 43.4 Å². The first-order valence-electron chi connectivity index (χ1n) is 5.69. The van der Waals surface area contributed by atoms with Crippen molar-refractivity contribution in [3.63, 3.8) is 0 Å². The van der Waals surface area contributed by atoms with Gasteiger partial charge < -0.3 is 5.32 Å². The smallest absolute Gasteiger partial charge is 0.0342 e. The molecular formula is C13H21N. The number of unbranched alkanes of at least 4 members (excludes halogenated alkanes) is 2. The Morgan fingerprint density at radius 2 is 2.00 bits per heavy atom. The van der Waals surface area contributed by atoms with Crippen molar-refractivity contribution in [3.05, 3.63) is 29.8 Å². The summed E-state index contributed by atoms with van der Waals surface area (Å²) in [6, 6.07) is 8.69. The number of hydrogen-bond donors (Lipinski definition) is 1. The Kier molecular flexibility index (Phi) is 5.13. The van der Waals surface area contributed by atoms with E-state index in [4.69, 9.17) is 0 Å². The molecule has 0 heterocycles. The first kappa shape index (κ1) is 11.1. The summed E-state index contributed by atoms with van der Waals surface area (Å²) in [5.74, 6) is 0. The molecule has 1 rings (SSSR count). The van der Waals surface area contributed by atoms with Gasteiger partial charge in [-0.1, -0.05) is 38.8 Å². The average molecular weight is 191 g/mol. The maximum absolute atomic E-state index is 3.45. The topological polar surface area (TPSA) is 12.0 Å². The Bertz CT molecular complexity index is 255. The van der Waals surface area contributed by atoms with Crippen LogP contribution in [0.3, 0.4) is 0 Å². The first-order chi connectivity index (χ1) is 6.86. The molecule has 0 bridgehead atoms. The molecule has 1 aromatic rings. The van der Waals surface area contributed by atoms with Gasteiger partial charge in [-0.05, 0) is 30.5 Å². The fraction of sp³-hybridized carbons (Fsp3) is 0.538. The van der Waals surface area contributed by atoms with Crippen LogP contribution in [0.4, 0.5) is 5.69 Å². The minimum absolute atomic E-state index is 1.10. The van der Waals surface area contributed by atoms with Crippen LogP contribution in [0.25, 0.3) is 0 Å². The van der Waals surface area contributed by atoms with Gasteiger partial charge in [0.25, 0.3) is 0 Å². The van der Waals surface area contributed by atoms with Crippen LogP contribution in [0, 0.1) is 0 Å². The van der Waals surface area contributed by atoms with Gasteiger partial charge in [0.15, 0.2) is 0 Å². The maximum Gasteiger partial charge on any atom is 0.0342 e. The highest BCUT2D eigenvalue weighted by molar-refractivity contribution is 5.45. The summed E-state index contributed by atoms with van der Waals surface area (Å²) in [5, 5.41) is 3.45. The average Bonchev–Trinajstić information content (AvgIpc) is 2.25. The zero-order valence-electron chi connectivity index (χ0n) is 9.34. The molecule has 0 saturated heterocycles. The van der Waals surface area contributed by atoms with Crippen LogP contribution in [0.5, 0.6) is 0 Å².